The second-order valence-electron chi connectivity index (χ2n) is 18.5. The maximum absolute atomic E-state index is 6.43. The Hall–Kier alpha value is -7.92. The Labute approximate surface area is 398 Å². The molecule has 8 aromatic carbocycles. The molecule has 1 unspecified atom stereocenters. The zero-order valence-corrected chi connectivity index (χ0v) is 38.5. The van der Waals surface area contributed by atoms with Crippen molar-refractivity contribution in [2.24, 2.45) is 11.7 Å². The van der Waals surface area contributed by atoms with E-state index in [0.29, 0.717) is 12.5 Å². The van der Waals surface area contributed by atoms with E-state index < -0.39 is 0 Å². The summed E-state index contributed by atoms with van der Waals surface area (Å²) in [5.41, 5.74) is 26.1. The van der Waals surface area contributed by atoms with Crippen LogP contribution in [0.4, 0.5) is 0 Å². The predicted molar refractivity (Wildman–Crippen MR) is 289 cm³/mol. The molecule has 0 radical (unpaired) electrons. The molecule has 2 aromatic heterocycles. The lowest BCUT2D eigenvalue weighted by molar-refractivity contribution is 0.446. The Morgan fingerprint density at radius 2 is 0.956 bits per heavy atom. The van der Waals surface area contributed by atoms with E-state index in [1.54, 1.807) is 0 Å². The molecule has 2 aliphatic rings. The van der Waals surface area contributed by atoms with Crippen molar-refractivity contribution in [3.63, 3.8) is 0 Å². The van der Waals surface area contributed by atoms with Crippen LogP contribution in [0.5, 0.6) is 0 Å². The van der Waals surface area contributed by atoms with Crippen molar-refractivity contribution in [2.45, 2.75) is 25.7 Å². The van der Waals surface area contributed by atoms with Gasteiger partial charge in [0.2, 0.25) is 0 Å². The van der Waals surface area contributed by atoms with E-state index in [0.717, 1.165) is 43.6 Å². The average molecular weight is 879 g/mol. The number of aromatic nitrogens is 2. The third-order valence-corrected chi connectivity index (χ3v) is 14.4. The number of para-hydroxylation sites is 2. The highest BCUT2D eigenvalue weighted by molar-refractivity contribution is 6.14. The third-order valence-electron chi connectivity index (χ3n) is 14.4. The minimum Gasteiger partial charge on any atom is -0.380 e. The van der Waals surface area contributed by atoms with Gasteiger partial charge >= 0.3 is 0 Å². The Morgan fingerprint density at radius 1 is 0.485 bits per heavy atom. The summed E-state index contributed by atoms with van der Waals surface area (Å²) in [6.07, 6.45) is 17.7. The van der Waals surface area contributed by atoms with E-state index in [1.165, 1.54) is 99.3 Å². The lowest BCUT2D eigenvalue weighted by Crippen LogP contribution is -2.16. The van der Waals surface area contributed by atoms with Crippen LogP contribution in [0.25, 0.3) is 99.5 Å². The maximum Gasteiger partial charge on any atom is 0.0541 e. The summed E-state index contributed by atoms with van der Waals surface area (Å²) in [5, 5.41) is 4.94. The van der Waals surface area contributed by atoms with Crippen LogP contribution in [-0.4, -0.2) is 34.2 Å². The first-order valence-electron chi connectivity index (χ1n) is 24.2. The number of rotatable bonds is 8. The summed E-state index contributed by atoms with van der Waals surface area (Å²) in [4.78, 5) is 2.27. The van der Waals surface area contributed by atoms with Crippen LogP contribution in [0.2, 0.25) is 0 Å². The molecule has 0 amide bonds. The maximum atomic E-state index is 6.43. The van der Waals surface area contributed by atoms with Gasteiger partial charge in [-0.25, -0.2) is 0 Å². The first kappa shape index (κ1) is 41.5. The molecule has 12 rings (SSSR count). The second-order valence-corrected chi connectivity index (χ2v) is 18.5. The molecular formula is C64H54N4. The molecule has 4 heteroatoms. The highest BCUT2D eigenvalue weighted by Gasteiger charge is 2.22. The molecule has 0 saturated heterocycles. The van der Waals surface area contributed by atoms with Crippen LogP contribution in [-0.2, 0) is 0 Å². The van der Waals surface area contributed by atoms with Crippen molar-refractivity contribution in [2.75, 3.05) is 20.1 Å². The molecule has 1 atom stereocenters. The summed E-state index contributed by atoms with van der Waals surface area (Å²) < 4.78 is 4.85. The monoisotopic (exact) mass is 878 g/mol. The van der Waals surface area contributed by atoms with Crippen LogP contribution in [0.15, 0.2) is 219 Å². The van der Waals surface area contributed by atoms with Crippen LogP contribution < -0.4 is 5.73 Å². The van der Waals surface area contributed by atoms with Gasteiger partial charge in [0.05, 0.1) is 22.1 Å². The Balaban J connectivity index is 1.03. The number of nitrogens with two attached hydrogens (primary N) is 1. The van der Waals surface area contributed by atoms with E-state index >= 15 is 0 Å². The number of allylic oxidation sites excluding steroid dienone is 6. The van der Waals surface area contributed by atoms with Gasteiger partial charge in [0.15, 0.2) is 0 Å². The topological polar surface area (TPSA) is 39.1 Å². The molecular weight excluding hydrogens is 825 g/mol. The largest absolute Gasteiger partial charge is 0.380 e. The normalized spacial score (nSPS) is 15.9. The van der Waals surface area contributed by atoms with Crippen molar-refractivity contribution in [1.29, 1.82) is 0 Å². The van der Waals surface area contributed by atoms with E-state index in [9.17, 15) is 0 Å². The van der Waals surface area contributed by atoms with Crippen LogP contribution in [0, 0.1) is 5.92 Å². The average Bonchev–Trinajstić information content (AvgIpc) is 3.77. The van der Waals surface area contributed by atoms with Gasteiger partial charge in [0.25, 0.3) is 0 Å². The highest BCUT2D eigenvalue weighted by Crippen LogP contribution is 2.43. The van der Waals surface area contributed by atoms with Crippen molar-refractivity contribution < 1.29 is 0 Å². The van der Waals surface area contributed by atoms with E-state index in [-0.39, 0.29) is 0 Å². The smallest absolute Gasteiger partial charge is 0.0541 e. The molecule has 0 fully saturated rings. The summed E-state index contributed by atoms with van der Waals surface area (Å²) in [7, 11) is 2.15. The van der Waals surface area contributed by atoms with Gasteiger partial charge in [-0.15, -0.1) is 0 Å². The third kappa shape index (κ3) is 7.38. The molecule has 68 heavy (non-hydrogen) atoms. The number of benzene rings is 8. The fraction of sp³-hybridized carbons (Fsp3) is 0.125. The zero-order chi connectivity index (χ0) is 45.6. The second kappa shape index (κ2) is 17.7. The first-order valence-corrected chi connectivity index (χ1v) is 24.2. The van der Waals surface area contributed by atoms with Gasteiger partial charge in [-0.1, -0.05) is 133 Å². The van der Waals surface area contributed by atoms with Crippen molar-refractivity contribution in [3.8, 4) is 44.8 Å². The SMILES string of the molecule is CN1/C=C\C=C(c2ccccc2-c2ccc3c(c2)c2cc(-c4ccc5c(c4)c4cc(-c6ccccc6C6=CC=CCCC6CN)ccc4n5-c4ccccc4)ccc2n3-c2ccccc2)CCC1. The van der Waals surface area contributed by atoms with Gasteiger partial charge < -0.3 is 19.8 Å². The molecule has 330 valence electrons. The van der Waals surface area contributed by atoms with E-state index in [4.69, 9.17) is 5.73 Å². The van der Waals surface area contributed by atoms with Crippen LogP contribution in [0.3, 0.4) is 0 Å². The van der Waals surface area contributed by atoms with Crippen LogP contribution >= 0.6 is 0 Å². The minimum atomic E-state index is 0.313. The van der Waals surface area contributed by atoms with Crippen LogP contribution in [0.1, 0.15) is 36.8 Å². The summed E-state index contributed by atoms with van der Waals surface area (Å²) >= 11 is 0. The highest BCUT2D eigenvalue weighted by atomic mass is 15.1. The van der Waals surface area contributed by atoms with Gasteiger partial charge in [-0.05, 0) is 179 Å². The summed E-state index contributed by atoms with van der Waals surface area (Å²) in [5.74, 6) is 0.313. The van der Waals surface area contributed by atoms with Crippen molar-refractivity contribution in [3.05, 3.63) is 230 Å². The van der Waals surface area contributed by atoms with Crippen molar-refractivity contribution >= 4 is 54.8 Å². The molecule has 1 aliphatic heterocycles. The molecule has 10 aromatic rings. The lowest BCUT2D eigenvalue weighted by Gasteiger charge is -2.20. The van der Waals surface area contributed by atoms with Gasteiger partial charge in [-0.2, -0.15) is 0 Å². The number of nitrogens with zero attached hydrogens (tertiary/aromatic N) is 3. The predicted octanol–water partition coefficient (Wildman–Crippen LogP) is 15.8. The molecule has 0 bridgehead atoms. The quantitative estimate of drug-likeness (QED) is 0.165. The summed E-state index contributed by atoms with van der Waals surface area (Å²) in [6.45, 7) is 1.68. The Morgan fingerprint density at radius 3 is 1.50 bits per heavy atom. The Bertz CT molecular complexity index is 3650. The molecule has 1 aliphatic carbocycles. The summed E-state index contributed by atoms with van der Waals surface area (Å²) in [6, 6.07) is 67.6. The fourth-order valence-electron chi connectivity index (χ4n) is 11.1. The molecule has 0 saturated carbocycles. The number of fused-ring (bicyclic) bond motifs is 6. The number of hydrogen-bond acceptors (Lipinski definition) is 2. The van der Waals surface area contributed by atoms with E-state index in [2.05, 4.69) is 240 Å². The van der Waals surface area contributed by atoms with E-state index in [1.807, 2.05) is 0 Å². The Kier molecular flexibility index (Phi) is 10.8. The molecule has 2 N–H and O–H groups in total. The van der Waals surface area contributed by atoms with Gasteiger partial charge in [0, 0.05) is 46.5 Å². The zero-order valence-electron chi connectivity index (χ0n) is 38.5. The standard InChI is InChI=1S/C64H54N4/c1-66-37-15-18-44(19-16-38-66)52-25-11-12-26-53(52)47-31-35-63-59(41-47)57-39-45(29-33-61(57)67(63)50-20-6-3-7-21-50)46-30-34-62-58(40-46)60-42-48(32-36-64(60)68(62)51-22-8-4-9-23-51)54-27-13-14-28-56(54)55-24-10-2-5-17-49(55)43-65/h2-4,6-15,18,20-37,39-42,49H,5,16-17,19,38,43,65H2,1H3/b37-15-,44-18?. The number of hydrogen-bond donors (Lipinski definition) is 1. The fourth-order valence-corrected chi connectivity index (χ4v) is 11.1. The minimum absolute atomic E-state index is 0.313. The molecule has 0 spiro atoms. The first-order chi connectivity index (χ1) is 33.6. The molecule has 4 nitrogen and oxygen atoms in total. The lowest BCUT2D eigenvalue weighted by atomic mass is 9.85. The van der Waals surface area contributed by atoms with Gasteiger partial charge in [-0.3, -0.25) is 0 Å². The van der Waals surface area contributed by atoms with Gasteiger partial charge in [0.1, 0.15) is 0 Å². The van der Waals surface area contributed by atoms with Crippen molar-refractivity contribution in [1.82, 2.24) is 14.0 Å². The molecule has 3 heterocycles.